The van der Waals surface area contributed by atoms with Gasteiger partial charge in [-0.05, 0) is 6.42 Å². The Bertz CT molecular complexity index is 489. The number of carboxylic acids is 1. The van der Waals surface area contributed by atoms with E-state index in [-0.39, 0.29) is 18.7 Å². The number of hydrogen-bond acceptors (Lipinski definition) is 9. The second-order valence-electron chi connectivity index (χ2n) is 7.59. The molecule has 11 nitrogen and oxygen atoms in total. The van der Waals surface area contributed by atoms with Gasteiger partial charge in [0.2, 0.25) is 5.91 Å². The average Bonchev–Trinajstić information content (AvgIpc) is 2.62. The SMILES string of the molecule is N[C@]12CNCCNC[C@](NC(=O)CCCC(=O)O)(CNCCNC1)NCCN2. The van der Waals surface area contributed by atoms with Crippen LogP contribution in [0.15, 0.2) is 0 Å². The maximum atomic E-state index is 12.5. The number of nitrogens with two attached hydrogens (primary N) is 1. The van der Waals surface area contributed by atoms with Crippen molar-refractivity contribution in [3.8, 4) is 0 Å². The van der Waals surface area contributed by atoms with Crippen LogP contribution >= 0.6 is 0 Å². The van der Waals surface area contributed by atoms with E-state index < -0.39 is 17.3 Å². The van der Waals surface area contributed by atoms with E-state index in [0.717, 1.165) is 26.2 Å². The second-order valence-corrected chi connectivity index (χ2v) is 7.59. The fourth-order valence-electron chi connectivity index (χ4n) is 3.43. The summed E-state index contributed by atoms with van der Waals surface area (Å²) in [6, 6.07) is 0. The molecule has 11 heteroatoms. The van der Waals surface area contributed by atoms with Crippen molar-refractivity contribution < 1.29 is 14.7 Å². The zero-order valence-electron chi connectivity index (χ0n) is 16.5. The molecule has 2 fully saturated rings. The molecule has 0 unspecified atom stereocenters. The van der Waals surface area contributed by atoms with Gasteiger partial charge in [-0.2, -0.15) is 0 Å². The van der Waals surface area contributed by atoms with Gasteiger partial charge in [0, 0.05) is 78.3 Å². The molecule has 2 aliphatic rings. The Morgan fingerprint density at radius 2 is 1.36 bits per heavy atom. The van der Waals surface area contributed by atoms with Crippen LogP contribution in [0.2, 0.25) is 0 Å². The standard InChI is InChI=1S/C17H36N8O3/c18-16-10-19-4-6-21-12-17(24-9-8-23-16,13-22-7-5-20-11-16)25-14(26)2-1-3-15(27)28/h19-24H,1-13,18H2,(H,25,26)(H,27,28)/t16-,17-. The molecule has 0 atom stereocenters. The lowest BCUT2D eigenvalue weighted by atomic mass is 10.1. The Labute approximate surface area is 166 Å². The lowest BCUT2D eigenvalue weighted by Gasteiger charge is -2.39. The number of carbonyl (C=O) groups is 2. The molecular formula is C17H36N8O3. The molecule has 2 heterocycles. The lowest BCUT2D eigenvalue weighted by molar-refractivity contribution is -0.137. The molecule has 28 heavy (non-hydrogen) atoms. The Kier molecular flexibility index (Phi) is 9.51. The third-order valence-corrected chi connectivity index (χ3v) is 4.93. The molecule has 0 spiro atoms. The summed E-state index contributed by atoms with van der Waals surface area (Å²) >= 11 is 0. The Balaban J connectivity index is 2.06. The normalized spacial score (nSPS) is 30.6. The summed E-state index contributed by atoms with van der Waals surface area (Å²) in [6.45, 7) is 6.67. The van der Waals surface area contributed by atoms with E-state index in [0.29, 0.717) is 45.7 Å². The van der Waals surface area contributed by atoms with Gasteiger partial charge in [0.1, 0.15) is 5.66 Å². The Hall–Kier alpha value is -1.34. The highest BCUT2D eigenvalue weighted by Crippen LogP contribution is 2.03. The van der Waals surface area contributed by atoms with Crippen molar-refractivity contribution in [1.29, 1.82) is 0 Å². The van der Waals surface area contributed by atoms with E-state index in [2.05, 4.69) is 37.2 Å². The predicted octanol–water partition coefficient (Wildman–Crippen LogP) is -3.73. The van der Waals surface area contributed by atoms with Crippen LogP contribution in [0, 0.1) is 0 Å². The summed E-state index contributed by atoms with van der Waals surface area (Å²) in [6.07, 6.45) is 0.496. The Morgan fingerprint density at radius 3 is 1.93 bits per heavy atom. The highest BCUT2D eigenvalue weighted by Gasteiger charge is 2.32. The van der Waals surface area contributed by atoms with Gasteiger partial charge in [-0.25, -0.2) is 0 Å². The van der Waals surface area contributed by atoms with Crippen molar-refractivity contribution in [1.82, 2.24) is 37.2 Å². The van der Waals surface area contributed by atoms with Gasteiger partial charge >= 0.3 is 5.97 Å². The molecule has 0 aromatic rings. The van der Waals surface area contributed by atoms with E-state index >= 15 is 0 Å². The second kappa shape index (κ2) is 11.6. The topological polar surface area (TPSA) is 165 Å². The van der Waals surface area contributed by atoms with Crippen LogP contribution in [0.4, 0.5) is 0 Å². The van der Waals surface area contributed by atoms with Crippen molar-refractivity contribution in [2.75, 3.05) is 65.4 Å². The van der Waals surface area contributed by atoms with Gasteiger partial charge in [-0.1, -0.05) is 0 Å². The minimum absolute atomic E-state index is 0.00973. The van der Waals surface area contributed by atoms with Crippen LogP contribution in [0.3, 0.4) is 0 Å². The number of hydrogen-bond donors (Lipinski definition) is 9. The first-order valence-corrected chi connectivity index (χ1v) is 10.1. The van der Waals surface area contributed by atoms with Crippen LogP contribution in [0.25, 0.3) is 0 Å². The predicted molar refractivity (Wildman–Crippen MR) is 107 cm³/mol. The molecule has 0 aliphatic carbocycles. The zero-order valence-corrected chi connectivity index (χ0v) is 16.5. The van der Waals surface area contributed by atoms with Gasteiger partial charge in [-0.3, -0.25) is 20.2 Å². The van der Waals surface area contributed by atoms with Crippen molar-refractivity contribution in [2.24, 2.45) is 5.73 Å². The van der Waals surface area contributed by atoms with Crippen LogP contribution in [-0.2, 0) is 9.59 Å². The molecule has 2 bridgehead atoms. The number of carbonyl (C=O) groups excluding carboxylic acids is 1. The molecule has 0 radical (unpaired) electrons. The number of aliphatic carboxylic acids is 1. The summed E-state index contributed by atoms with van der Waals surface area (Å²) in [5.74, 6) is -1.05. The van der Waals surface area contributed by atoms with Gasteiger partial charge < -0.3 is 37.4 Å². The molecule has 0 saturated carbocycles. The van der Waals surface area contributed by atoms with Crippen LogP contribution < -0.4 is 43.0 Å². The average molecular weight is 401 g/mol. The molecule has 10 N–H and O–H groups in total. The minimum Gasteiger partial charge on any atom is -0.481 e. The highest BCUT2D eigenvalue weighted by atomic mass is 16.4. The molecular weight excluding hydrogens is 364 g/mol. The van der Waals surface area contributed by atoms with Crippen molar-refractivity contribution in [3.05, 3.63) is 0 Å². The molecule has 2 aliphatic heterocycles. The van der Waals surface area contributed by atoms with Gasteiger partial charge in [0.25, 0.3) is 0 Å². The first-order valence-electron chi connectivity index (χ1n) is 10.1. The third kappa shape index (κ3) is 8.35. The monoisotopic (exact) mass is 400 g/mol. The van der Waals surface area contributed by atoms with E-state index in [1.807, 2.05) is 0 Å². The van der Waals surface area contributed by atoms with Crippen molar-refractivity contribution >= 4 is 11.9 Å². The van der Waals surface area contributed by atoms with Crippen molar-refractivity contribution in [2.45, 2.75) is 30.6 Å². The summed E-state index contributed by atoms with van der Waals surface area (Å²) in [7, 11) is 0. The molecule has 0 aromatic heterocycles. The summed E-state index contributed by atoms with van der Waals surface area (Å²) < 4.78 is 0. The highest BCUT2D eigenvalue weighted by molar-refractivity contribution is 5.77. The third-order valence-electron chi connectivity index (χ3n) is 4.93. The largest absolute Gasteiger partial charge is 0.481 e. The first-order chi connectivity index (χ1) is 13.4. The number of amides is 1. The molecule has 2 saturated heterocycles. The number of rotatable bonds is 5. The summed E-state index contributed by atoms with van der Waals surface area (Å²) in [5, 5.41) is 32.3. The maximum absolute atomic E-state index is 12.5. The maximum Gasteiger partial charge on any atom is 0.303 e. The molecule has 2 rings (SSSR count). The van der Waals surface area contributed by atoms with Crippen LogP contribution in [0.5, 0.6) is 0 Å². The number of nitrogens with one attached hydrogen (secondary N) is 7. The quantitative estimate of drug-likeness (QED) is 0.224. The minimum atomic E-state index is -0.888. The van der Waals surface area contributed by atoms with E-state index in [4.69, 9.17) is 10.8 Å². The van der Waals surface area contributed by atoms with Gasteiger partial charge in [-0.15, -0.1) is 0 Å². The first kappa shape index (κ1) is 22.9. The van der Waals surface area contributed by atoms with Crippen LogP contribution in [-0.4, -0.2) is 93.8 Å². The molecule has 162 valence electrons. The molecule has 0 aromatic carbocycles. The number of fused-ring (bicyclic) bond motifs is 5. The van der Waals surface area contributed by atoms with E-state index in [1.54, 1.807) is 0 Å². The van der Waals surface area contributed by atoms with Gasteiger partial charge in [0.05, 0.1) is 5.66 Å². The zero-order chi connectivity index (χ0) is 20.3. The fraction of sp³-hybridized carbons (Fsp3) is 0.882. The van der Waals surface area contributed by atoms with Crippen molar-refractivity contribution in [3.63, 3.8) is 0 Å². The van der Waals surface area contributed by atoms with E-state index in [9.17, 15) is 9.59 Å². The molecule has 1 amide bonds. The lowest BCUT2D eigenvalue weighted by Crippen LogP contribution is -2.72. The smallest absolute Gasteiger partial charge is 0.303 e. The summed E-state index contributed by atoms with van der Waals surface area (Å²) in [5.41, 5.74) is 5.28. The Morgan fingerprint density at radius 1 is 0.821 bits per heavy atom. The fourth-order valence-corrected chi connectivity index (χ4v) is 3.43. The van der Waals surface area contributed by atoms with Crippen LogP contribution in [0.1, 0.15) is 19.3 Å². The number of carboxylic acid groups (broad SMARTS) is 1. The van der Waals surface area contributed by atoms with E-state index in [1.165, 1.54) is 0 Å². The summed E-state index contributed by atoms with van der Waals surface area (Å²) in [4.78, 5) is 23.1. The van der Waals surface area contributed by atoms with Gasteiger partial charge in [0.15, 0.2) is 0 Å².